The summed E-state index contributed by atoms with van der Waals surface area (Å²) in [6.45, 7) is 0. The Kier molecular flexibility index (Phi) is 4.26. The molecule has 0 spiro atoms. The molecule has 0 saturated carbocycles. The normalized spacial score (nSPS) is 10.2. The summed E-state index contributed by atoms with van der Waals surface area (Å²) >= 11 is 0.438. The highest BCUT2D eigenvalue weighted by Gasteiger charge is 2.10. The monoisotopic (exact) mass is 278 g/mol. The number of para-hydroxylation sites is 1. The molecule has 7 heteroatoms. The molecule has 1 heterocycles. The van der Waals surface area contributed by atoms with E-state index in [-0.39, 0.29) is 11.6 Å². The van der Waals surface area contributed by atoms with Gasteiger partial charge in [-0.2, -0.15) is 14.0 Å². The van der Waals surface area contributed by atoms with Crippen LogP contribution in [-0.4, -0.2) is 15.7 Å². The van der Waals surface area contributed by atoms with E-state index in [9.17, 15) is 8.78 Å². The minimum atomic E-state index is -2.51. The van der Waals surface area contributed by atoms with Gasteiger partial charge in [0.1, 0.15) is 11.8 Å². The van der Waals surface area contributed by atoms with E-state index in [4.69, 9.17) is 5.26 Å². The molecule has 0 aliphatic carbocycles. The van der Waals surface area contributed by atoms with Gasteiger partial charge in [-0.1, -0.05) is 23.9 Å². The number of aromatic nitrogens is 2. The Bertz CT molecular complexity index is 613. The Morgan fingerprint density at radius 1 is 1.26 bits per heavy atom. The summed E-state index contributed by atoms with van der Waals surface area (Å²) in [5.41, 5.74) is 0.680. The number of nitrogens with one attached hydrogen (secondary N) is 1. The smallest absolute Gasteiger partial charge is 0.288 e. The van der Waals surface area contributed by atoms with Crippen molar-refractivity contribution < 1.29 is 8.78 Å². The highest BCUT2D eigenvalue weighted by Crippen LogP contribution is 2.32. The summed E-state index contributed by atoms with van der Waals surface area (Å²) < 4.78 is 24.8. The lowest BCUT2D eigenvalue weighted by Gasteiger charge is -2.09. The number of nitrogens with zero attached hydrogens (tertiary/aromatic N) is 3. The first-order valence-corrected chi connectivity index (χ1v) is 6.11. The van der Waals surface area contributed by atoms with Crippen LogP contribution in [-0.2, 0) is 0 Å². The number of benzene rings is 1. The van der Waals surface area contributed by atoms with E-state index in [0.717, 1.165) is 0 Å². The summed E-state index contributed by atoms with van der Waals surface area (Å²) in [6.07, 6.45) is 1.43. The molecule has 0 saturated heterocycles. The molecule has 1 N–H and O–H groups in total. The van der Waals surface area contributed by atoms with Crippen molar-refractivity contribution in [2.24, 2.45) is 0 Å². The van der Waals surface area contributed by atoms with E-state index in [0.29, 0.717) is 22.3 Å². The van der Waals surface area contributed by atoms with Gasteiger partial charge in [0.15, 0.2) is 0 Å². The first-order chi connectivity index (χ1) is 9.19. The molecule has 19 heavy (non-hydrogen) atoms. The molecule has 1 aromatic heterocycles. The van der Waals surface area contributed by atoms with Crippen LogP contribution in [0.1, 0.15) is 5.69 Å². The predicted molar refractivity (Wildman–Crippen MR) is 68.3 cm³/mol. The van der Waals surface area contributed by atoms with E-state index in [1.165, 1.54) is 12.3 Å². The second kappa shape index (κ2) is 6.11. The van der Waals surface area contributed by atoms with Crippen molar-refractivity contribution in [1.29, 1.82) is 5.26 Å². The van der Waals surface area contributed by atoms with Crippen LogP contribution in [0.25, 0.3) is 0 Å². The van der Waals surface area contributed by atoms with Crippen LogP contribution in [0.5, 0.6) is 0 Å². The molecule has 96 valence electrons. The number of rotatable bonds is 4. The van der Waals surface area contributed by atoms with E-state index < -0.39 is 5.76 Å². The van der Waals surface area contributed by atoms with E-state index in [1.54, 1.807) is 24.3 Å². The van der Waals surface area contributed by atoms with E-state index in [1.807, 2.05) is 6.07 Å². The average molecular weight is 278 g/mol. The van der Waals surface area contributed by atoms with Crippen LogP contribution in [0.3, 0.4) is 0 Å². The maximum atomic E-state index is 12.4. The fourth-order valence-electron chi connectivity index (χ4n) is 1.37. The summed E-state index contributed by atoms with van der Waals surface area (Å²) in [5.74, 6) is -2.31. The van der Waals surface area contributed by atoms with Crippen LogP contribution in [0.4, 0.5) is 20.4 Å². The lowest BCUT2D eigenvalue weighted by molar-refractivity contribution is 0.252. The molecular formula is C12H8F2N4S. The molecule has 0 aliphatic heterocycles. The van der Waals surface area contributed by atoms with Crippen molar-refractivity contribution in [3.05, 3.63) is 42.2 Å². The van der Waals surface area contributed by atoms with Crippen molar-refractivity contribution >= 4 is 23.4 Å². The molecule has 0 unspecified atom stereocenters. The van der Waals surface area contributed by atoms with Gasteiger partial charge in [0.05, 0.1) is 5.69 Å². The number of thioether (sulfide) groups is 1. The van der Waals surface area contributed by atoms with Gasteiger partial charge >= 0.3 is 0 Å². The van der Waals surface area contributed by atoms with Crippen LogP contribution >= 0.6 is 11.8 Å². The average Bonchev–Trinajstić information content (AvgIpc) is 2.41. The fourth-order valence-corrected chi connectivity index (χ4v) is 1.97. The Balaban J connectivity index is 2.25. The van der Waals surface area contributed by atoms with Gasteiger partial charge in [-0.3, -0.25) is 0 Å². The number of halogens is 2. The number of anilines is 2. The minimum absolute atomic E-state index is 0.196. The molecule has 0 amide bonds. The molecule has 2 rings (SSSR count). The van der Waals surface area contributed by atoms with Crippen molar-refractivity contribution in [2.45, 2.75) is 10.7 Å². The Hall–Kier alpha value is -2.20. The van der Waals surface area contributed by atoms with Gasteiger partial charge in [-0.25, -0.2) is 9.97 Å². The van der Waals surface area contributed by atoms with Crippen LogP contribution in [0.15, 0.2) is 41.4 Å². The number of hydrogen-bond donors (Lipinski definition) is 1. The lowest BCUT2D eigenvalue weighted by Crippen LogP contribution is -1.99. The first-order valence-electron chi connectivity index (χ1n) is 5.23. The number of nitriles is 1. The molecule has 0 fully saturated rings. The van der Waals surface area contributed by atoms with E-state index >= 15 is 0 Å². The highest BCUT2D eigenvalue weighted by atomic mass is 32.2. The van der Waals surface area contributed by atoms with Crippen molar-refractivity contribution in [3.63, 3.8) is 0 Å². The zero-order valence-electron chi connectivity index (χ0n) is 9.55. The van der Waals surface area contributed by atoms with Crippen LogP contribution in [0, 0.1) is 11.3 Å². The highest BCUT2D eigenvalue weighted by molar-refractivity contribution is 7.99. The van der Waals surface area contributed by atoms with Gasteiger partial charge in [0.2, 0.25) is 5.95 Å². The number of hydrogen-bond acceptors (Lipinski definition) is 5. The molecule has 0 atom stereocenters. The largest absolute Gasteiger partial charge is 0.323 e. The van der Waals surface area contributed by atoms with Crippen molar-refractivity contribution in [1.82, 2.24) is 9.97 Å². The quantitative estimate of drug-likeness (QED) is 0.868. The zero-order chi connectivity index (χ0) is 13.7. The molecule has 4 nitrogen and oxygen atoms in total. The Morgan fingerprint density at radius 3 is 2.79 bits per heavy atom. The molecule has 0 aliphatic rings. The van der Waals surface area contributed by atoms with Crippen LogP contribution < -0.4 is 5.32 Å². The summed E-state index contributed by atoms with van der Waals surface area (Å²) in [6, 6.07) is 9.95. The maximum Gasteiger partial charge on any atom is 0.288 e. The summed E-state index contributed by atoms with van der Waals surface area (Å²) in [5, 5.41) is 11.6. The predicted octanol–water partition coefficient (Wildman–Crippen LogP) is 3.41. The third kappa shape index (κ3) is 3.63. The van der Waals surface area contributed by atoms with Gasteiger partial charge in [-0.05, 0) is 18.2 Å². The van der Waals surface area contributed by atoms with Gasteiger partial charge < -0.3 is 5.32 Å². The van der Waals surface area contributed by atoms with Gasteiger partial charge in [0, 0.05) is 11.1 Å². The van der Waals surface area contributed by atoms with Gasteiger partial charge in [0.25, 0.3) is 5.76 Å². The summed E-state index contributed by atoms with van der Waals surface area (Å²) in [4.78, 5) is 8.25. The Labute approximate surface area is 112 Å². The minimum Gasteiger partial charge on any atom is -0.323 e. The van der Waals surface area contributed by atoms with Crippen LogP contribution in [0.2, 0.25) is 0 Å². The lowest BCUT2D eigenvalue weighted by atomic mass is 10.3. The second-order valence-electron chi connectivity index (χ2n) is 3.38. The standard InChI is InChI=1S/C12H8F2N4S/c13-11(14)19-10-4-2-1-3-9(10)18-12-16-6-5-8(7-15)17-12/h1-6,11H,(H,16,17,18). The maximum absolute atomic E-state index is 12.4. The van der Waals surface area contributed by atoms with Crippen molar-refractivity contribution in [3.8, 4) is 6.07 Å². The second-order valence-corrected chi connectivity index (χ2v) is 4.41. The fraction of sp³-hybridized carbons (Fsp3) is 0.0833. The Morgan fingerprint density at radius 2 is 2.05 bits per heavy atom. The van der Waals surface area contributed by atoms with Gasteiger partial charge in [-0.15, -0.1) is 0 Å². The topological polar surface area (TPSA) is 61.6 Å². The third-order valence-corrected chi connectivity index (χ3v) is 2.91. The number of alkyl halides is 2. The van der Waals surface area contributed by atoms with Crippen molar-refractivity contribution in [2.75, 3.05) is 5.32 Å². The zero-order valence-corrected chi connectivity index (χ0v) is 10.4. The SMILES string of the molecule is N#Cc1ccnc(Nc2ccccc2SC(F)F)n1. The van der Waals surface area contributed by atoms with E-state index in [2.05, 4.69) is 15.3 Å². The third-order valence-electron chi connectivity index (χ3n) is 2.12. The molecule has 2 aromatic rings. The summed E-state index contributed by atoms with van der Waals surface area (Å²) in [7, 11) is 0. The molecule has 1 aromatic carbocycles. The molecular weight excluding hydrogens is 270 g/mol. The molecule has 0 bridgehead atoms. The first kappa shape index (κ1) is 13.2. The molecule has 0 radical (unpaired) electrons.